The van der Waals surface area contributed by atoms with Crippen molar-refractivity contribution in [2.24, 2.45) is 0 Å². The Labute approximate surface area is 117 Å². The topological polar surface area (TPSA) is 22.1 Å². The van der Waals surface area contributed by atoms with Crippen LogP contribution < -0.4 is 4.74 Å². The summed E-state index contributed by atoms with van der Waals surface area (Å²) in [6, 6.07) is 5.34. The number of halogens is 5. The molecular formula is C13H8ClF4NO. The molecule has 2 nitrogen and oxygen atoms in total. The van der Waals surface area contributed by atoms with E-state index in [4.69, 9.17) is 16.3 Å². The Morgan fingerprint density at radius 3 is 2.50 bits per heavy atom. The molecule has 2 rings (SSSR count). The SMILES string of the molecule is Cc1ccc(F)c(Oc2cc(C(F)(F)F)cc(Cl)n2)c1. The average Bonchev–Trinajstić information content (AvgIpc) is 2.32. The molecule has 0 radical (unpaired) electrons. The highest BCUT2D eigenvalue weighted by atomic mass is 35.5. The van der Waals surface area contributed by atoms with Gasteiger partial charge in [0.2, 0.25) is 5.88 Å². The highest BCUT2D eigenvalue weighted by Gasteiger charge is 2.32. The van der Waals surface area contributed by atoms with Crippen LogP contribution in [0.4, 0.5) is 17.6 Å². The van der Waals surface area contributed by atoms with Crippen LogP contribution in [0.25, 0.3) is 0 Å². The van der Waals surface area contributed by atoms with Gasteiger partial charge in [-0.3, -0.25) is 0 Å². The second-order valence-electron chi connectivity index (χ2n) is 4.05. The highest BCUT2D eigenvalue weighted by Crippen LogP contribution is 2.34. The van der Waals surface area contributed by atoms with Gasteiger partial charge in [-0.25, -0.2) is 9.37 Å². The molecule has 0 aliphatic carbocycles. The third-order valence-electron chi connectivity index (χ3n) is 2.40. The van der Waals surface area contributed by atoms with Gasteiger partial charge in [0, 0.05) is 6.07 Å². The van der Waals surface area contributed by atoms with Crippen molar-refractivity contribution in [1.82, 2.24) is 4.98 Å². The van der Waals surface area contributed by atoms with Crippen molar-refractivity contribution in [3.05, 3.63) is 52.4 Å². The normalized spacial score (nSPS) is 11.5. The van der Waals surface area contributed by atoms with Crippen LogP contribution in [0, 0.1) is 12.7 Å². The summed E-state index contributed by atoms with van der Waals surface area (Å²) in [4.78, 5) is 3.59. The lowest BCUT2D eigenvalue weighted by atomic mass is 10.2. The number of rotatable bonds is 2. The lowest BCUT2D eigenvalue weighted by Gasteiger charge is -2.10. The lowest BCUT2D eigenvalue weighted by Crippen LogP contribution is -2.06. The van der Waals surface area contributed by atoms with Crippen molar-refractivity contribution in [3.8, 4) is 11.6 Å². The molecule has 0 saturated heterocycles. The van der Waals surface area contributed by atoms with Gasteiger partial charge in [0.15, 0.2) is 11.6 Å². The Morgan fingerprint density at radius 1 is 1.15 bits per heavy atom. The minimum absolute atomic E-state index is 0.215. The molecule has 0 spiro atoms. The molecule has 1 aromatic heterocycles. The molecule has 106 valence electrons. The maximum absolute atomic E-state index is 13.5. The molecule has 1 heterocycles. The first-order chi connectivity index (χ1) is 9.25. The maximum Gasteiger partial charge on any atom is 0.416 e. The molecular weight excluding hydrogens is 298 g/mol. The fraction of sp³-hybridized carbons (Fsp3) is 0.154. The van der Waals surface area contributed by atoms with E-state index in [0.29, 0.717) is 17.7 Å². The molecule has 7 heteroatoms. The summed E-state index contributed by atoms with van der Waals surface area (Å²) in [5.74, 6) is -1.34. The highest BCUT2D eigenvalue weighted by molar-refractivity contribution is 6.29. The van der Waals surface area contributed by atoms with E-state index in [1.165, 1.54) is 12.1 Å². The second-order valence-corrected chi connectivity index (χ2v) is 4.44. The molecule has 0 aliphatic heterocycles. The first-order valence-electron chi connectivity index (χ1n) is 5.44. The predicted octanol–water partition coefficient (Wildman–Crippen LogP) is 4.99. The number of pyridine rings is 1. The zero-order valence-electron chi connectivity index (χ0n) is 10.1. The van der Waals surface area contributed by atoms with E-state index in [1.54, 1.807) is 6.92 Å². The Balaban J connectivity index is 2.39. The van der Waals surface area contributed by atoms with E-state index in [-0.39, 0.29) is 10.9 Å². The molecule has 0 atom stereocenters. The minimum atomic E-state index is -4.59. The summed E-state index contributed by atoms with van der Waals surface area (Å²) in [7, 11) is 0. The van der Waals surface area contributed by atoms with Crippen LogP contribution in [0.3, 0.4) is 0 Å². The van der Waals surface area contributed by atoms with Gasteiger partial charge < -0.3 is 4.74 Å². The number of nitrogens with zero attached hydrogens (tertiary/aromatic N) is 1. The van der Waals surface area contributed by atoms with Gasteiger partial charge in [0.1, 0.15) is 5.15 Å². The lowest BCUT2D eigenvalue weighted by molar-refractivity contribution is -0.137. The van der Waals surface area contributed by atoms with E-state index in [2.05, 4.69) is 4.98 Å². The molecule has 0 unspecified atom stereocenters. The fourth-order valence-electron chi connectivity index (χ4n) is 1.49. The smallest absolute Gasteiger partial charge is 0.416 e. The number of aryl methyl sites for hydroxylation is 1. The molecule has 20 heavy (non-hydrogen) atoms. The standard InChI is InChI=1S/C13H8ClF4NO/c1-7-2-3-9(15)10(4-7)20-12-6-8(13(16,17)18)5-11(14)19-12/h2-6H,1H3. The molecule has 0 fully saturated rings. The van der Waals surface area contributed by atoms with Crippen molar-refractivity contribution in [1.29, 1.82) is 0 Å². The van der Waals surface area contributed by atoms with Crippen LogP contribution in [-0.2, 0) is 6.18 Å². The van der Waals surface area contributed by atoms with E-state index >= 15 is 0 Å². The van der Waals surface area contributed by atoms with E-state index in [9.17, 15) is 17.6 Å². The van der Waals surface area contributed by atoms with Crippen molar-refractivity contribution in [3.63, 3.8) is 0 Å². The van der Waals surface area contributed by atoms with Gasteiger partial charge in [-0.1, -0.05) is 17.7 Å². The number of hydrogen-bond donors (Lipinski definition) is 0. The van der Waals surface area contributed by atoms with Gasteiger partial charge in [-0.2, -0.15) is 13.2 Å². The average molecular weight is 306 g/mol. The number of ether oxygens (including phenoxy) is 1. The van der Waals surface area contributed by atoms with Gasteiger partial charge in [-0.05, 0) is 30.7 Å². The summed E-state index contributed by atoms with van der Waals surface area (Å²) in [5.41, 5.74) is -0.319. The summed E-state index contributed by atoms with van der Waals surface area (Å²) in [6.07, 6.45) is -4.59. The molecule has 0 bridgehead atoms. The van der Waals surface area contributed by atoms with E-state index < -0.39 is 23.4 Å². The Hall–Kier alpha value is -1.82. The van der Waals surface area contributed by atoms with Crippen molar-refractivity contribution in [2.45, 2.75) is 13.1 Å². The monoisotopic (exact) mass is 305 g/mol. The zero-order valence-corrected chi connectivity index (χ0v) is 10.9. The number of benzene rings is 1. The fourth-order valence-corrected chi connectivity index (χ4v) is 1.69. The third kappa shape index (κ3) is 3.39. The van der Waals surface area contributed by atoms with Crippen LogP contribution in [0.5, 0.6) is 11.6 Å². The second kappa shape index (κ2) is 5.28. The summed E-state index contributed by atoms with van der Waals surface area (Å²) in [6.45, 7) is 1.69. The van der Waals surface area contributed by atoms with E-state index in [0.717, 1.165) is 6.07 Å². The summed E-state index contributed by atoms with van der Waals surface area (Å²) >= 11 is 5.51. The molecule has 2 aromatic rings. The maximum atomic E-state index is 13.5. The largest absolute Gasteiger partial charge is 0.436 e. The van der Waals surface area contributed by atoms with E-state index in [1.807, 2.05) is 0 Å². The van der Waals surface area contributed by atoms with Crippen LogP contribution in [0.1, 0.15) is 11.1 Å². The predicted molar refractivity (Wildman–Crippen MR) is 65.5 cm³/mol. The Bertz CT molecular complexity index is 643. The quantitative estimate of drug-likeness (QED) is 0.576. The van der Waals surface area contributed by atoms with Crippen molar-refractivity contribution < 1.29 is 22.3 Å². The number of hydrogen-bond acceptors (Lipinski definition) is 2. The van der Waals surface area contributed by atoms with Crippen LogP contribution in [0.2, 0.25) is 5.15 Å². The van der Waals surface area contributed by atoms with Crippen LogP contribution in [0.15, 0.2) is 30.3 Å². The minimum Gasteiger partial charge on any atom is -0.436 e. The van der Waals surface area contributed by atoms with Gasteiger partial charge in [-0.15, -0.1) is 0 Å². The summed E-state index contributed by atoms with van der Waals surface area (Å²) in [5, 5.41) is -0.386. The molecule has 0 N–H and O–H groups in total. The van der Waals surface area contributed by atoms with Gasteiger partial charge >= 0.3 is 6.18 Å². The molecule has 0 saturated carbocycles. The summed E-state index contributed by atoms with van der Waals surface area (Å²) < 4.78 is 56.4. The number of aromatic nitrogens is 1. The number of alkyl halides is 3. The van der Waals surface area contributed by atoms with Crippen molar-refractivity contribution >= 4 is 11.6 Å². The first-order valence-corrected chi connectivity index (χ1v) is 5.82. The molecule has 0 aliphatic rings. The Kier molecular flexibility index (Phi) is 3.85. The zero-order chi connectivity index (χ0) is 14.9. The van der Waals surface area contributed by atoms with Gasteiger partial charge in [0.05, 0.1) is 5.56 Å². The van der Waals surface area contributed by atoms with Crippen LogP contribution in [-0.4, -0.2) is 4.98 Å². The molecule has 1 aromatic carbocycles. The Morgan fingerprint density at radius 2 is 1.85 bits per heavy atom. The molecule has 0 amide bonds. The first kappa shape index (κ1) is 14.6. The van der Waals surface area contributed by atoms with Crippen molar-refractivity contribution in [2.75, 3.05) is 0 Å². The van der Waals surface area contributed by atoms with Gasteiger partial charge in [0.25, 0.3) is 0 Å². The van der Waals surface area contributed by atoms with Crippen LogP contribution >= 0.6 is 11.6 Å². The third-order valence-corrected chi connectivity index (χ3v) is 2.59.